The van der Waals surface area contributed by atoms with Crippen molar-refractivity contribution in [2.45, 2.75) is 0 Å². The molecule has 0 unspecified atom stereocenters. The van der Waals surface area contributed by atoms with Crippen molar-refractivity contribution in [3.05, 3.63) is 0 Å². The largest absolute Gasteiger partial charge is 0.277 e. The van der Waals surface area contributed by atoms with Gasteiger partial charge in [0.1, 0.15) is 5.88 Å². The molecule has 2 amide bonds. The first kappa shape index (κ1) is 8.35. The van der Waals surface area contributed by atoms with Crippen molar-refractivity contribution in [1.82, 2.24) is 10.5 Å². The van der Waals surface area contributed by atoms with Crippen LogP contribution in [0, 0.1) is 0 Å². The molecule has 0 aliphatic carbocycles. The van der Waals surface area contributed by atoms with Gasteiger partial charge in [0, 0.05) is 0 Å². The summed E-state index contributed by atoms with van der Waals surface area (Å²) in [6, 6.07) is 0. The summed E-state index contributed by atoms with van der Waals surface area (Å²) < 4.78 is 0. The van der Waals surface area contributed by atoms with Gasteiger partial charge < -0.3 is 0 Å². The normalized spacial score (nSPS) is 8.67. The predicted molar refractivity (Wildman–Crippen MR) is 31.0 cm³/mol. The molecular formula is C3H6ClN3O2. The number of imide groups is 1. The molecule has 0 rings (SSSR count). The van der Waals surface area contributed by atoms with E-state index in [4.69, 9.17) is 17.4 Å². The van der Waals surface area contributed by atoms with E-state index >= 15 is 0 Å². The number of hydrogen-bond acceptors (Lipinski definition) is 4. The lowest BCUT2D eigenvalue weighted by Gasteiger charge is -2.09. The summed E-state index contributed by atoms with van der Waals surface area (Å²) in [7, 11) is 0. The molecule has 0 radical (unpaired) electrons. The number of halogens is 1. The zero-order valence-corrected chi connectivity index (χ0v) is 5.26. The molecule has 0 saturated carbocycles. The van der Waals surface area contributed by atoms with Gasteiger partial charge in [-0.15, -0.1) is 11.6 Å². The van der Waals surface area contributed by atoms with Crippen LogP contribution in [-0.4, -0.2) is 23.2 Å². The monoisotopic (exact) mass is 151 g/mol. The second-order valence-corrected chi connectivity index (χ2v) is 1.40. The van der Waals surface area contributed by atoms with E-state index in [1.54, 1.807) is 0 Å². The van der Waals surface area contributed by atoms with Crippen molar-refractivity contribution in [3.63, 3.8) is 0 Å². The van der Waals surface area contributed by atoms with Gasteiger partial charge in [0.05, 0.1) is 0 Å². The number of rotatable bonds is 3. The highest BCUT2D eigenvalue weighted by Crippen LogP contribution is 1.80. The van der Waals surface area contributed by atoms with E-state index in [-0.39, 0.29) is 12.3 Å². The molecule has 0 fully saturated rings. The summed E-state index contributed by atoms with van der Waals surface area (Å²) in [6.07, 6.45) is 0.241. The standard InChI is InChI=1S/C3H6ClN3O2/c4-1-3(9)7(2-8)6-5/h2,6H,1,5H2. The van der Waals surface area contributed by atoms with Crippen molar-refractivity contribution in [2.24, 2.45) is 5.84 Å². The van der Waals surface area contributed by atoms with Crippen LogP contribution in [0.3, 0.4) is 0 Å². The summed E-state index contributed by atoms with van der Waals surface area (Å²) in [4.78, 5) is 20.2. The van der Waals surface area contributed by atoms with Gasteiger partial charge in [-0.05, 0) is 0 Å². The van der Waals surface area contributed by atoms with E-state index in [1.807, 2.05) is 5.53 Å². The van der Waals surface area contributed by atoms with Crippen LogP contribution in [0.2, 0.25) is 0 Å². The SMILES string of the molecule is NNN(C=O)C(=O)CCl. The minimum Gasteiger partial charge on any atom is -0.277 e. The van der Waals surface area contributed by atoms with Crippen molar-refractivity contribution in [3.8, 4) is 0 Å². The third kappa shape index (κ3) is 2.41. The quantitative estimate of drug-likeness (QED) is 0.225. The molecule has 0 aromatic heterocycles. The molecule has 52 valence electrons. The zero-order valence-electron chi connectivity index (χ0n) is 4.50. The average Bonchev–Trinajstić information content (AvgIpc) is 1.90. The van der Waals surface area contributed by atoms with E-state index in [9.17, 15) is 9.59 Å². The Kier molecular flexibility index (Phi) is 3.94. The van der Waals surface area contributed by atoms with Crippen LogP contribution in [-0.2, 0) is 9.59 Å². The topological polar surface area (TPSA) is 75.4 Å². The Balaban J connectivity index is 3.78. The molecule has 0 aromatic rings. The number of nitrogens with two attached hydrogens (primary N) is 1. The number of alkyl halides is 1. The highest BCUT2D eigenvalue weighted by Gasteiger charge is 2.07. The molecule has 0 heterocycles. The molecule has 5 nitrogen and oxygen atoms in total. The Morgan fingerprint density at radius 3 is 2.56 bits per heavy atom. The number of amides is 2. The fraction of sp³-hybridized carbons (Fsp3) is 0.333. The Bertz CT molecular complexity index is 118. The molecule has 0 saturated heterocycles. The molecule has 0 atom stereocenters. The summed E-state index contributed by atoms with van der Waals surface area (Å²) >= 11 is 5.06. The van der Waals surface area contributed by atoms with Crippen LogP contribution in [0.15, 0.2) is 0 Å². The van der Waals surface area contributed by atoms with Crippen molar-refractivity contribution in [2.75, 3.05) is 5.88 Å². The van der Waals surface area contributed by atoms with Crippen molar-refractivity contribution >= 4 is 23.9 Å². The van der Waals surface area contributed by atoms with E-state index in [0.29, 0.717) is 5.01 Å². The maximum atomic E-state index is 10.4. The first-order chi connectivity index (χ1) is 4.26. The lowest BCUT2D eigenvalue weighted by Crippen LogP contribution is -2.46. The fourth-order valence-corrected chi connectivity index (χ4v) is 0.354. The number of carbonyl (C=O) groups excluding carboxylic acids is 2. The van der Waals surface area contributed by atoms with Gasteiger partial charge in [-0.1, -0.05) is 0 Å². The van der Waals surface area contributed by atoms with Gasteiger partial charge in [-0.25, -0.2) is 5.01 Å². The molecule has 0 aliphatic heterocycles. The first-order valence-corrected chi connectivity index (χ1v) is 2.59. The van der Waals surface area contributed by atoms with Gasteiger partial charge in [0.25, 0.3) is 5.91 Å². The maximum Gasteiger partial charge on any atom is 0.259 e. The molecule has 0 aromatic carbocycles. The fourth-order valence-electron chi connectivity index (χ4n) is 0.226. The number of hydrazine groups is 2. The summed E-state index contributed by atoms with van der Waals surface area (Å²) in [6.45, 7) is 0. The Hall–Kier alpha value is -0.650. The molecule has 9 heavy (non-hydrogen) atoms. The summed E-state index contributed by atoms with van der Waals surface area (Å²) in [5.41, 5.74) is 1.83. The highest BCUT2D eigenvalue weighted by atomic mass is 35.5. The molecule has 0 bridgehead atoms. The third-order valence-corrected chi connectivity index (χ3v) is 0.856. The minimum atomic E-state index is -0.589. The summed E-state index contributed by atoms with van der Waals surface area (Å²) in [5.74, 6) is 3.86. The van der Waals surface area contributed by atoms with Crippen LogP contribution in [0.1, 0.15) is 0 Å². The Morgan fingerprint density at radius 2 is 2.44 bits per heavy atom. The van der Waals surface area contributed by atoms with Gasteiger partial charge >= 0.3 is 0 Å². The molecule has 0 spiro atoms. The number of nitrogens with zero attached hydrogens (tertiary/aromatic N) is 1. The maximum absolute atomic E-state index is 10.4. The van der Waals surface area contributed by atoms with E-state index in [0.717, 1.165) is 0 Å². The van der Waals surface area contributed by atoms with Crippen LogP contribution < -0.4 is 11.4 Å². The molecular weight excluding hydrogens is 146 g/mol. The molecule has 3 N–H and O–H groups in total. The summed E-state index contributed by atoms with van der Waals surface area (Å²) in [5, 5.41) is 0.549. The number of hydrogen-bond donors (Lipinski definition) is 2. The minimum absolute atomic E-state index is 0.241. The van der Waals surface area contributed by atoms with Crippen LogP contribution >= 0.6 is 11.6 Å². The Morgan fingerprint density at radius 1 is 1.89 bits per heavy atom. The number of carbonyl (C=O) groups is 2. The van der Waals surface area contributed by atoms with Crippen LogP contribution in [0.4, 0.5) is 0 Å². The van der Waals surface area contributed by atoms with Crippen molar-refractivity contribution in [1.29, 1.82) is 0 Å². The first-order valence-electron chi connectivity index (χ1n) is 2.05. The second-order valence-electron chi connectivity index (χ2n) is 1.13. The van der Waals surface area contributed by atoms with Crippen LogP contribution in [0.25, 0.3) is 0 Å². The zero-order chi connectivity index (χ0) is 7.28. The van der Waals surface area contributed by atoms with Crippen LogP contribution in [0.5, 0.6) is 0 Å². The van der Waals surface area contributed by atoms with Gasteiger partial charge in [0.2, 0.25) is 6.41 Å². The average molecular weight is 152 g/mol. The van der Waals surface area contributed by atoms with E-state index < -0.39 is 5.91 Å². The Labute approximate surface area is 56.7 Å². The van der Waals surface area contributed by atoms with E-state index in [2.05, 4.69) is 0 Å². The van der Waals surface area contributed by atoms with Gasteiger partial charge in [0.15, 0.2) is 0 Å². The smallest absolute Gasteiger partial charge is 0.259 e. The predicted octanol–water partition coefficient (Wildman–Crippen LogP) is -1.41. The van der Waals surface area contributed by atoms with Gasteiger partial charge in [-0.3, -0.25) is 15.4 Å². The lowest BCUT2D eigenvalue weighted by molar-refractivity contribution is -0.139. The van der Waals surface area contributed by atoms with Gasteiger partial charge in [-0.2, -0.15) is 5.53 Å². The second kappa shape index (κ2) is 4.25. The van der Waals surface area contributed by atoms with Crippen molar-refractivity contribution < 1.29 is 9.59 Å². The third-order valence-electron chi connectivity index (χ3n) is 0.628. The molecule has 0 aliphatic rings. The number of nitrogens with one attached hydrogen (secondary N) is 1. The lowest BCUT2D eigenvalue weighted by atomic mass is 10.7. The highest BCUT2D eigenvalue weighted by molar-refractivity contribution is 6.27. The van der Waals surface area contributed by atoms with E-state index in [1.165, 1.54) is 0 Å². The molecule has 6 heteroatoms.